The van der Waals surface area contributed by atoms with E-state index >= 15 is 0 Å². The molecule has 3 nitrogen and oxygen atoms in total. The molecule has 0 saturated heterocycles. The maximum atomic E-state index is 13.3. The van der Waals surface area contributed by atoms with Crippen LogP contribution in [-0.2, 0) is 0 Å². The smallest absolute Gasteiger partial charge is 0.256 e. The van der Waals surface area contributed by atoms with Crippen LogP contribution in [0.1, 0.15) is 21.5 Å². The van der Waals surface area contributed by atoms with Crippen molar-refractivity contribution in [3.8, 4) is 11.3 Å². The highest BCUT2D eigenvalue weighted by atomic mass is 79.9. The summed E-state index contributed by atoms with van der Waals surface area (Å²) in [6, 6.07) is 18.8. The number of hydrogen-bond donors (Lipinski definition) is 1. The monoisotopic (exact) mass is 498 g/mol. The van der Waals surface area contributed by atoms with Crippen LogP contribution in [0.3, 0.4) is 0 Å². The van der Waals surface area contributed by atoms with E-state index in [1.807, 2.05) is 62.4 Å². The molecule has 3 aromatic carbocycles. The molecule has 1 aromatic heterocycles. The van der Waals surface area contributed by atoms with Gasteiger partial charge in [-0.2, -0.15) is 0 Å². The number of pyridine rings is 1. The number of halogens is 3. The molecule has 0 aliphatic rings. The lowest BCUT2D eigenvalue weighted by Crippen LogP contribution is -2.14. The fourth-order valence-corrected chi connectivity index (χ4v) is 4.09. The van der Waals surface area contributed by atoms with Crippen LogP contribution >= 0.6 is 39.1 Å². The zero-order chi connectivity index (χ0) is 21.4. The minimum absolute atomic E-state index is 0.234. The number of fused-ring (bicyclic) bond motifs is 1. The van der Waals surface area contributed by atoms with E-state index in [1.165, 1.54) is 0 Å². The zero-order valence-corrected chi connectivity index (χ0v) is 19.4. The highest BCUT2D eigenvalue weighted by Gasteiger charge is 2.17. The van der Waals surface area contributed by atoms with Crippen LogP contribution < -0.4 is 5.32 Å². The second-order valence-electron chi connectivity index (χ2n) is 7.02. The summed E-state index contributed by atoms with van der Waals surface area (Å²) in [4.78, 5) is 18.1. The summed E-state index contributed by atoms with van der Waals surface area (Å²) in [5.74, 6) is -0.234. The highest BCUT2D eigenvalue weighted by molar-refractivity contribution is 9.10. The molecule has 0 aliphatic heterocycles. The van der Waals surface area contributed by atoms with Crippen molar-refractivity contribution in [2.45, 2.75) is 13.8 Å². The number of amides is 1. The van der Waals surface area contributed by atoms with E-state index in [0.29, 0.717) is 32.5 Å². The lowest BCUT2D eigenvalue weighted by atomic mass is 10.0. The number of rotatable bonds is 3. The second-order valence-corrected chi connectivity index (χ2v) is 8.69. The normalized spacial score (nSPS) is 11.0. The van der Waals surface area contributed by atoms with E-state index in [1.54, 1.807) is 12.1 Å². The molecule has 0 bridgehead atoms. The first-order valence-corrected chi connectivity index (χ1v) is 10.8. The largest absolute Gasteiger partial charge is 0.322 e. The van der Waals surface area contributed by atoms with Crippen LogP contribution in [-0.4, -0.2) is 10.9 Å². The van der Waals surface area contributed by atoms with Gasteiger partial charge in [0.1, 0.15) is 0 Å². The van der Waals surface area contributed by atoms with Gasteiger partial charge in [0.05, 0.1) is 21.8 Å². The summed E-state index contributed by atoms with van der Waals surface area (Å²) >= 11 is 16.0. The molecule has 0 aliphatic carbocycles. The van der Waals surface area contributed by atoms with E-state index in [9.17, 15) is 4.79 Å². The summed E-state index contributed by atoms with van der Waals surface area (Å²) in [6.45, 7) is 3.83. The molecular weight excluding hydrogens is 483 g/mol. The third kappa shape index (κ3) is 3.95. The SMILES string of the molecule is Cc1cc(Br)c(Cl)cc1NC(=O)c1cc(-c2ccccc2)nc2c(C)c(Cl)ccc12. The van der Waals surface area contributed by atoms with Crippen LogP contribution in [0, 0.1) is 13.8 Å². The number of hydrogen-bond acceptors (Lipinski definition) is 2. The minimum atomic E-state index is -0.234. The van der Waals surface area contributed by atoms with Crippen LogP contribution in [0.4, 0.5) is 5.69 Å². The van der Waals surface area contributed by atoms with Crippen LogP contribution in [0.2, 0.25) is 10.0 Å². The summed E-state index contributed by atoms with van der Waals surface area (Å²) in [7, 11) is 0. The van der Waals surface area contributed by atoms with Gasteiger partial charge in [-0.05, 0) is 65.2 Å². The standard InChI is InChI=1S/C24H17BrCl2N2O/c1-13-10-18(25)20(27)12-21(13)29-24(30)17-11-22(15-6-4-3-5-7-15)28-23-14(2)19(26)9-8-16(17)23/h3-12H,1-2H3,(H,29,30). The molecule has 150 valence electrons. The molecule has 0 atom stereocenters. The average Bonchev–Trinajstić information content (AvgIpc) is 2.74. The van der Waals surface area contributed by atoms with Crippen molar-refractivity contribution in [3.05, 3.63) is 91.9 Å². The summed E-state index contributed by atoms with van der Waals surface area (Å²) in [5, 5.41) is 4.88. The Bertz CT molecular complexity index is 1290. The van der Waals surface area contributed by atoms with E-state index in [0.717, 1.165) is 26.5 Å². The third-order valence-electron chi connectivity index (χ3n) is 5.00. The molecular formula is C24H17BrCl2N2O. The van der Waals surface area contributed by atoms with Gasteiger partial charge >= 0.3 is 0 Å². The molecule has 0 spiro atoms. The Morgan fingerprint density at radius 2 is 1.70 bits per heavy atom. The number of carbonyl (C=O) groups is 1. The zero-order valence-electron chi connectivity index (χ0n) is 16.3. The van der Waals surface area contributed by atoms with E-state index < -0.39 is 0 Å². The summed E-state index contributed by atoms with van der Waals surface area (Å²) in [6.07, 6.45) is 0. The highest BCUT2D eigenvalue weighted by Crippen LogP contribution is 2.32. The molecule has 4 rings (SSSR count). The number of carbonyl (C=O) groups excluding carboxylic acids is 1. The molecule has 1 heterocycles. The lowest BCUT2D eigenvalue weighted by Gasteiger charge is -2.14. The molecule has 1 N–H and O–H groups in total. The van der Waals surface area contributed by atoms with Crippen molar-refractivity contribution >= 4 is 61.6 Å². The number of aromatic nitrogens is 1. The van der Waals surface area contributed by atoms with Crippen molar-refractivity contribution in [1.82, 2.24) is 4.98 Å². The van der Waals surface area contributed by atoms with Gasteiger partial charge in [0.15, 0.2) is 0 Å². The number of nitrogens with one attached hydrogen (secondary N) is 1. The molecule has 1 amide bonds. The molecule has 4 aromatic rings. The molecule has 30 heavy (non-hydrogen) atoms. The maximum Gasteiger partial charge on any atom is 0.256 e. The first kappa shape index (κ1) is 20.9. The summed E-state index contributed by atoms with van der Waals surface area (Å²) < 4.78 is 0.783. The molecule has 0 unspecified atom stereocenters. The van der Waals surface area contributed by atoms with Gasteiger partial charge in [-0.1, -0.05) is 59.6 Å². The van der Waals surface area contributed by atoms with E-state index in [2.05, 4.69) is 21.2 Å². The van der Waals surface area contributed by atoms with Gasteiger partial charge in [-0.15, -0.1) is 0 Å². The number of benzene rings is 3. The maximum absolute atomic E-state index is 13.3. The van der Waals surface area contributed by atoms with Crippen molar-refractivity contribution in [3.63, 3.8) is 0 Å². The van der Waals surface area contributed by atoms with Gasteiger partial charge in [0.2, 0.25) is 0 Å². The van der Waals surface area contributed by atoms with E-state index in [-0.39, 0.29) is 5.91 Å². The Kier molecular flexibility index (Phi) is 5.83. The van der Waals surface area contributed by atoms with Crippen molar-refractivity contribution in [1.29, 1.82) is 0 Å². The average molecular weight is 500 g/mol. The Hall–Kier alpha value is -2.40. The molecule has 6 heteroatoms. The predicted molar refractivity (Wildman–Crippen MR) is 129 cm³/mol. The van der Waals surface area contributed by atoms with E-state index in [4.69, 9.17) is 28.2 Å². The van der Waals surface area contributed by atoms with Gasteiger partial charge in [0.25, 0.3) is 5.91 Å². The van der Waals surface area contributed by atoms with Crippen molar-refractivity contribution < 1.29 is 4.79 Å². The van der Waals surface area contributed by atoms with Crippen LogP contribution in [0.25, 0.3) is 22.2 Å². The second kappa shape index (κ2) is 8.38. The molecule has 0 fully saturated rings. The van der Waals surface area contributed by atoms with Crippen LogP contribution in [0.15, 0.2) is 65.1 Å². The van der Waals surface area contributed by atoms with Gasteiger partial charge in [0, 0.05) is 26.1 Å². The Labute approximate surface area is 193 Å². The van der Waals surface area contributed by atoms with Crippen LogP contribution in [0.5, 0.6) is 0 Å². The van der Waals surface area contributed by atoms with Gasteiger partial charge < -0.3 is 5.32 Å². The Morgan fingerprint density at radius 3 is 2.43 bits per heavy atom. The summed E-state index contributed by atoms with van der Waals surface area (Å²) in [5.41, 5.74) is 5.27. The van der Waals surface area contributed by atoms with Gasteiger partial charge in [-0.25, -0.2) is 4.98 Å². The minimum Gasteiger partial charge on any atom is -0.322 e. The topological polar surface area (TPSA) is 42.0 Å². The first-order valence-electron chi connectivity index (χ1n) is 9.27. The first-order chi connectivity index (χ1) is 14.3. The van der Waals surface area contributed by atoms with Gasteiger partial charge in [-0.3, -0.25) is 4.79 Å². The Morgan fingerprint density at radius 1 is 0.967 bits per heavy atom. The fraction of sp³-hybridized carbons (Fsp3) is 0.0833. The number of anilines is 1. The molecule has 0 saturated carbocycles. The van der Waals surface area contributed by atoms with Crippen molar-refractivity contribution in [2.24, 2.45) is 0 Å². The van der Waals surface area contributed by atoms with Crippen molar-refractivity contribution in [2.75, 3.05) is 5.32 Å². The fourth-order valence-electron chi connectivity index (χ4n) is 3.32. The Balaban J connectivity index is 1.88. The lowest BCUT2D eigenvalue weighted by molar-refractivity contribution is 0.102. The number of aryl methyl sites for hydroxylation is 2. The number of nitrogens with zero attached hydrogens (tertiary/aromatic N) is 1. The quantitative estimate of drug-likeness (QED) is 0.312. The molecule has 0 radical (unpaired) electrons. The predicted octanol–water partition coefficient (Wildman–Crippen LogP) is 7.84. The third-order valence-corrected chi connectivity index (χ3v) is 6.60.